The van der Waals surface area contributed by atoms with Gasteiger partial charge in [-0.25, -0.2) is 0 Å². The molecule has 0 saturated heterocycles. The SMILES string of the molecule is C=C(C)[C@@H]1CC[C@]2(C)CC[C@]3(C)[C@H](CC[C@@H]4[C@@](C)(CCC(=O)OC)[C@H](C(=C)C)CC[C@]43C)[C@@H]12. The Morgan fingerprint density at radius 1 is 0.879 bits per heavy atom. The zero-order valence-electron chi connectivity index (χ0n) is 22.7. The van der Waals surface area contributed by atoms with Gasteiger partial charge in [0.1, 0.15) is 0 Å². The molecule has 0 aromatic heterocycles. The highest BCUT2D eigenvalue weighted by molar-refractivity contribution is 5.69. The lowest BCUT2D eigenvalue weighted by atomic mass is 9.34. The van der Waals surface area contributed by atoms with Gasteiger partial charge in [-0.15, -0.1) is 0 Å². The van der Waals surface area contributed by atoms with Gasteiger partial charge in [0.05, 0.1) is 7.11 Å². The van der Waals surface area contributed by atoms with Crippen LogP contribution in [-0.2, 0) is 9.53 Å². The number of rotatable bonds is 5. The Bertz CT molecular complexity index is 827. The Hall–Kier alpha value is -1.05. The molecule has 0 unspecified atom stereocenters. The van der Waals surface area contributed by atoms with Crippen molar-refractivity contribution in [3.63, 3.8) is 0 Å². The van der Waals surface area contributed by atoms with Gasteiger partial charge >= 0.3 is 5.97 Å². The van der Waals surface area contributed by atoms with Crippen LogP contribution >= 0.6 is 0 Å². The minimum absolute atomic E-state index is 0.0625. The van der Waals surface area contributed by atoms with Crippen molar-refractivity contribution in [1.29, 1.82) is 0 Å². The molecule has 2 nitrogen and oxygen atoms in total. The third-order valence-electron chi connectivity index (χ3n) is 12.4. The molecule has 4 fully saturated rings. The first-order chi connectivity index (χ1) is 15.3. The monoisotopic (exact) mass is 454 g/mol. The van der Waals surface area contributed by atoms with Gasteiger partial charge in [0.15, 0.2) is 0 Å². The summed E-state index contributed by atoms with van der Waals surface area (Å²) in [5.74, 6) is 3.38. The highest BCUT2D eigenvalue weighted by Crippen LogP contribution is 2.76. The molecule has 0 radical (unpaired) electrons. The molecule has 0 amide bonds. The van der Waals surface area contributed by atoms with Crippen LogP contribution in [0.4, 0.5) is 0 Å². The van der Waals surface area contributed by atoms with Crippen molar-refractivity contribution in [2.75, 3.05) is 7.11 Å². The van der Waals surface area contributed by atoms with Crippen LogP contribution in [0.1, 0.15) is 106 Å². The molecule has 9 atom stereocenters. The van der Waals surface area contributed by atoms with E-state index in [2.05, 4.69) is 54.7 Å². The summed E-state index contributed by atoms with van der Waals surface area (Å²) in [6, 6.07) is 0. The summed E-state index contributed by atoms with van der Waals surface area (Å²) in [5, 5.41) is 0. The molecule has 0 heterocycles. The lowest BCUT2D eigenvalue weighted by molar-refractivity contribution is -0.214. The fourth-order valence-electron chi connectivity index (χ4n) is 10.5. The highest BCUT2D eigenvalue weighted by atomic mass is 16.5. The van der Waals surface area contributed by atoms with Crippen LogP contribution in [0.2, 0.25) is 0 Å². The normalized spacial score (nSPS) is 48.9. The quantitative estimate of drug-likeness (QED) is 0.308. The minimum Gasteiger partial charge on any atom is -0.469 e. The molecule has 2 heteroatoms. The summed E-state index contributed by atoms with van der Waals surface area (Å²) >= 11 is 0. The topological polar surface area (TPSA) is 26.3 Å². The van der Waals surface area contributed by atoms with Crippen LogP contribution in [0.15, 0.2) is 24.3 Å². The van der Waals surface area contributed by atoms with Crippen LogP contribution in [0.25, 0.3) is 0 Å². The van der Waals surface area contributed by atoms with Crippen LogP contribution in [-0.4, -0.2) is 13.1 Å². The zero-order valence-corrected chi connectivity index (χ0v) is 22.7. The van der Waals surface area contributed by atoms with Crippen molar-refractivity contribution < 1.29 is 9.53 Å². The molecule has 0 aromatic carbocycles. The maximum absolute atomic E-state index is 12.2. The molecular weight excluding hydrogens is 404 g/mol. The molecule has 4 saturated carbocycles. The Balaban J connectivity index is 1.73. The van der Waals surface area contributed by atoms with Gasteiger partial charge in [-0.05, 0) is 123 Å². The van der Waals surface area contributed by atoms with Gasteiger partial charge in [-0.1, -0.05) is 52.0 Å². The second-order valence-electron chi connectivity index (χ2n) is 13.8. The molecule has 4 aliphatic rings. The molecule has 0 aromatic rings. The number of carbonyl (C=O) groups excluding carboxylic acids is 1. The highest BCUT2D eigenvalue weighted by Gasteiger charge is 2.68. The van der Waals surface area contributed by atoms with Gasteiger partial charge in [0, 0.05) is 6.42 Å². The molecule has 4 rings (SSSR count). The van der Waals surface area contributed by atoms with E-state index >= 15 is 0 Å². The third-order valence-corrected chi connectivity index (χ3v) is 12.4. The fraction of sp³-hybridized carbons (Fsp3) is 0.839. The van der Waals surface area contributed by atoms with Gasteiger partial charge in [0.2, 0.25) is 0 Å². The van der Waals surface area contributed by atoms with Crippen LogP contribution in [0, 0.1) is 51.2 Å². The second-order valence-corrected chi connectivity index (χ2v) is 13.8. The van der Waals surface area contributed by atoms with Crippen LogP contribution in [0.5, 0.6) is 0 Å². The van der Waals surface area contributed by atoms with E-state index in [0.29, 0.717) is 40.4 Å². The first-order valence-corrected chi connectivity index (χ1v) is 13.7. The molecule has 0 bridgehead atoms. The third kappa shape index (κ3) is 3.51. The van der Waals surface area contributed by atoms with E-state index < -0.39 is 0 Å². The molecule has 0 spiro atoms. The zero-order chi connectivity index (χ0) is 24.4. The van der Waals surface area contributed by atoms with Crippen molar-refractivity contribution in [3.05, 3.63) is 24.3 Å². The van der Waals surface area contributed by atoms with E-state index in [9.17, 15) is 4.79 Å². The number of ether oxygens (including phenoxy) is 1. The molecule has 33 heavy (non-hydrogen) atoms. The smallest absolute Gasteiger partial charge is 0.305 e. The molecule has 0 N–H and O–H groups in total. The van der Waals surface area contributed by atoms with Crippen LogP contribution < -0.4 is 0 Å². The maximum Gasteiger partial charge on any atom is 0.305 e. The van der Waals surface area contributed by atoms with Crippen molar-refractivity contribution in [2.45, 2.75) is 106 Å². The average molecular weight is 455 g/mol. The number of esters is 1. The molecule has 4 aliphatic carbocycles. The van der Waals surface area contributed by atoms with E-state index in [0.717, 1.165) is 18.3 Å². The number of allylic oxidation sites excluding steroid dienone is 2. The largest absolute Gasteiger partial charge is 0.469 e. The number of carbonyl (C=O) groups is 1. The summed E-state index contributed by atoms with van der Waals surface area (Å²) in [7, 11) is 1.52. The molecule has 186 valence electrons. The predicted octanol–water partition coefficient (Wildman–Crippen LogP) is 8.37. The lowest BCUT2D eigenvalue weighted by Gasteiger charge is -2.71. The predicted molar refractivity (Wildman–Crippen MR) is 138 cm³/mol. The van der Waals surface area contributed by atoms with Gasteiger partial charge in [-0.3, -0.25) is 4.79 Å². The molecule has 0 aliphatic heterocycles. The van der Waals surface area contributed by atoms with E-state index in [1.54, 1.807) is 0 Å². The maximum atomic E-state index is 12.2. The Morgan fingerprint density at radius 3 is 2.18 bits per heavy atom. The Kier molecular flexibility index (Phi) is 6.28. The summed E-state index contributed by atoms with van der Waals surface area (Å²) in [6.07, 6.45) is 12.1. The van der Waals surface area contributed by atoms with Gasteiger partial charge in [-0.2, -0.15) is 0 Å². The summed E-state index contributed by atoms with van der Waals surface area (Å²) < 4.78 is 5.07. The van der Waals surface area contributed by atoms with Gasteiger partial charge < -0.3 is 4.74 Å². The standard InChI is InChI=1S/C31H50O2/c1-20(2)22-12-15-28(5)18-19-30(7)24(27(22)28)10-11-25-29(6,16-14-26(32)33-9)23(21(3)4)13-17-31(25,30)8/h22-25,27H,1,3,10-19H2,2,4-9H3/t22-,23-,24+,25+,27+,28+,29-,30+,31+/m0/s1. The van der Waals surface area contributed by atoms with E-state index in [-0.39, 0.29) is 11.4 Å². The van der Waals surface area contributed by atoms with Crippen molar-refractivity contribution in [1.82, 2.24) is 0 Å². The number of fused-ring (bicyclic) bond motifs is 5. The minimum atomic E-state index is -0.0625. The van der Waals surface area contributed by atoms with Gasteiger partial charge in [0.25, 0.3) is 0 Å². The summed E-state index contributed by atoms with van der Waals surface area (Å²) in [5.41, 5.74) is 4.03. The first-order valence-electron chi connectivity index (χ1n) is 13.7. The van der Waals surface area contributed by atoms with Crippen LogP contribution in [0.3, 0.4) is 0 Å². The van der Waals surface area contributed by atoms with Crippen molar-refractivity contribution in [2.24, 2.45) is 51.2 Å². The fourth-order valence-corrected chi connectivity index (χ4v) is 10.5. The first kappa shape index (κ1) is 25.1. The second kappa shape index (κ2) is 8.27. The molecular formula is C31H50O2. The Labute approximate surface area is 204 Å². The average Bonchev–Trinajstić information content (AvgIpc) is 3.10. The van der Waals surface area contributed by atoms with E-state index in [4.69, 9.17) is 4.74 Å². The number of hydrogen-bond donors (Lipinski definition) is 0. The lowest BCUT2D eigenvalue weighted by Crippen LogP contribution is -2.63. The number of hydrogen-bond acceptors (Lipinski definition) is 2. The van der Waals surface area contributed by atoms with E-state index in [1.807, 2.05) is 0 Å². The van der Waals surface area contributed by atoms with Crippen molar-refractivity contribution in [3.8, 4) is 0 Å². The van der Waals surface area contributed by atoms with Crippen molar-refractivity contribution >= 4 is 5.97 Å². The summed E-state index contributed by atoms with van der Waals surface area (Å²) in [4.78, 5) is 12.2. The summed E-state index contributed by atoms with van der Waals surface area (Å²) in [6.45, 7) is 23.9. The number of methoxy groups -OCH3 is 1. The van der Waals surface area contributed by atoms with E-state index in [1.165, 1.54) is 69.6 Å². The Morgan fingerprint density at radius 2 is 1.58 bits per heavy atom.